The molecule has 0 aliphatic heterocycles. The Bertz CT molecular complexity index is 964. The first kappa shape index (κ1) is 19.9. The van der Waals surface area contributed by atoms with E-state index in [0.29, 0.717) is 23.6 Å². The Labute approximate surface area is 169 Å². The number of amides is 1. The number of aromatic nitrogens is 1. The van der Waals surface area contributed by atoms with E-state index in [1.165, 1.54) is 16.0 Å². The molecule has 5 nitrogen and oxygen atoms in total. The van der Waals surface area contributed by atoms with E-state index >= 15 is 0 Å². The maximum Gasteiger partial charge on any atom is 0.251 e. The normalized spacial score (nSPS) is 10.6. The number of hydrogen-bond donors (Lipinski definition) is 1. The molecule has 0 radical (unpaired) electrons. The van der Waals surface area contributed by atoms with Crippen LogP contribution in [0.2, 0.25) is 0 Å². The standard InChI is InChI=1S/C22H24N2O3S/c1-14-5-7-16(8-6-14)11-20-15(2)24-21(28-20)13-23-22(25)17-9-10-18(26-3)19(12-17)27-4/h5-10,12H,11,13H2,1-4H3,(H,23,25). The molecule has 0 aliphatic carbocycles. The van der Waals surface area contributed by atoms with Crippen molar-refractivity contribution in [2.45, 2.75) is 26.8 Å². The minimum Gasteiger partial charge on any atom is -0.493 e. The van der Waals surface area contributed by atoms with Gasteiger partial charge in [-0.3, -0.25) is 4.79 Å². The Kier molecular flexibility index (Phi) is 6.31. The summed E-state index contributed by atoms with van der Waals surface area (Å²) in [5, 5.41) is 3.83. The third kappa shape index (κ3) is 4.70. The molecule has 2 aromatic carbocycles. The van der Waals surface area contributed by atoms with Crippen molar-refractivity contribution in [3.63, 3.8) is 0 Å². The van der Waals surface area contributed by atoms with E-state index in [-0.39, 0.29) is 5.91 Å². The fraction of sp³-hybridized carbons (Fsp3) is 0.273. The summed E-state index contributed by atoms with van der Waals surface area (Å²) in [5.74, 6) is 0.949. The number of benzene rings is 2. The van der Waals surface area contributed by atoms with Crippen LogP contribution in [0.4, 0.5) is 0 Å². The first-order valence-electron chi connectivity index (χ1n) is 9.01. The molecule has 0 aliphatic rings. The summed E-state index contributed by atoms with van der Waals surface area (Å²) >= 11 is 1.64. The van der Waals surface area contributed by atoms with Gasteiger partial charge in [-0.15, -0.1) is 11.3 Å². The van der Waals surface area contributed by atoms with Crippen molar-refractivity contribution in [2.24, 2.45) is 0 Å². The first-order valence-corrected chi connectivity index (χ1v) is 9.82. The fourth-order valence-corrected chi connectivity index (χ4v) is 3.90. The highest BCUT2D eigenvalue weighted by Crippen LogP contribution is 2.27. The topological polar surface area (TPSA) is 60.5 Å². The number of thiazole rings is 1. The smallest absolute Gasteiger partial charge is 0.251 e. The predicted molar refractivity (Wildman–Crippen MR) is 112 cm³/mol. The first-order chi connectivity index (χ1) is 13.5. The molecule has 0 atom stereocenters. The van der Waals surface area contributed by atoms with Gasteiger partial charge in [0.05, 0.1) is 26.5 Å². The lowest BCUT2D eigenvalue weighted by Crippen LogP contribution is -2.22. The molecule has 1 amide bonds. The maximum atomic E-state index is 12.5. The lowest BCUT2D eigenvalue weighted by atomic mass is 10.1. The molecule has 28 heavy (non-hydrogen) atoms. The van der Waals surface area contributed by atoms with Gasteiger partial charge in [-0.1, -0.05) is 29.8 Å². The van der Waals surface area contributed by atoms with Gasteiger partial charge in [0.25, 0.3) is 5.91 Å². The van der Waals surface area contributed by atoms with Crippen LogP contribution >= 0.6 is 11.3 Å². The van der Waals surface area contributed by atoms with Crippen molar-refractivity contribution in [1.29, 1.82) is 0 Å². The number of nitrogens with zero attached hydrogens (tertiary/aromatic N) is 1. The Morgan fingerprint density at radius 3 is 2.43 bits per heavy atom. The molecule has 146 valence electrons. The number of carbonyl (C=O) groups excluding carboxylic acids is 1. The largest absolute Gasteiger partial charge is 0.493 e. The Balaban J connectivity index is 1.64. The monoisotopic (exact) mass is 396 g/mol. The highest BCUT2D eigenvalue weighted by molar-refractivity contribution is 7.11. The fourth-order valence-electron chi connectivity index (χ4n) is 2.85. The molecule has 3 aromatic rings. The van der Waals surface area contributed by atoms with Gasteiger partial charge in [0, 0.05) is 16.9 Å². The zero-order chi connectivity index (χ0) is 20.1. The Morgan fingerprint density at radius 1 is 1.04 bits per heavy atom. The van der Waals surface area contributed by atoms with Crippen LogP contribution in [0.15, 0.2) is 42.5 Å². The molecule has 0 bridgehead atoms. The number of methoxy groups -OCH3 is 2. The molecule has 6 heteroatoms. The van der Waals surface area contributed by atoms with Gasteiger partial charge in [-0.25, -0.2) is 4.98 Å². The number of rotatable bonds is 7. The minimum absolute atomic E-state index is 0.172. The molecule has 0 unspecified atom stereocenters. The molecule has 1 N–H and O–H groups in total. The van der Waals surface area contributed by atoms with Crippen LogP contribution < -0.4 is 14.8 Å². The second kappa shape index (κ2) is 8.89. The summed E-state index contributed by atoms with van der Waals surface area (Å²) in [5.41, 5.74) is 4.05. The van der Waals surface area contributed by atoms with Crippen molar-refractivity contribution in [1.82, 2.24) is 10.3 Å². The summed E-state index contributed by atoms with van der Waals surface area (Å²) < 4.78 is 10.5. The Hall–Kier alpha value is -2.86. The van der Waals surface area contributed by atoms with Crippen LogP contribution in [-0.2, 0) is 13.0 Å². The highest BCUT2D eigenvalue weighted by Gasteiger charge is 2.13. The van der Waals surface area contributed by atoms with Crippen molar-refractivity contribution in [3.8, 4) is 11.5 Å². The van der Waals surface area contributed by atoms with E-state index < -0.39 is 0 Å². The summed E-state index contributed by atoms with van der Waals surface area (Å²) in [6.45, 7) is 4.49. The molecule has 0 spiro atoms. The number of hydrogen-bond acceptors (Lipinski definition) is 5. The molecular weight excluding hydrogens is 372 g/mol. The van der Waals surface area contributed by atoms with Crippen LogP contribution in [0.3, 0.4) is 0 Å². The number of aryl methyl sites for hydroxylation is 2. The van der Waals surface area contributed by atoms with Crippen molar-refractivity contribution >= 4 is 17.2 Å². The van der Waals surface area contributed by atoms with E-state index in [1.807, 2.05) is 6.92 Å². The van der Waals surface area contributed by atoms with Crippen molar-refractivity contribution in [3.05, 3.63) is 74.7 Å². The van der Waals surface area contributed by atoms with Gasteiger partial charge >= 0.3 is 0 Å². The minimum atomic E-state index is -0.172. The second-order valence-electron chi connectivity index (χ2n) is 6.53. The summed E-state index contributed by atoms with van der Waals surface area (Å²) in [6.07, 6.45) is 0.855. The predicted octanol–water partition coefficient (Wildman–Crippen LogP) is 4.30. The third-order valence-corrected chi connectivity index (χ3v) is 5.63. The van der Waals surface area contributed by atoms with Gasteiger partial charge in [0.2, 0.25) is 0 Å². The van der Waals surface area contributed by atoms with E-state index in [9.17, 15) is 4.79 Å². The zero-order valence-corrected chi connectivity index (χ0v) is 17.4. The average molecular weight is 397 g/mol. The van der Waals surface area contributed by atoms with Gasteiger partial charge in [-0.2, -0.15) is 0 Å². The van der Waals surface area contributed by atoms with E-state index in [1.54, 1.807) is 43.8 Å². The summed E-state index contributed by atoms with van der Waals surface area (Å²) in [7, 11) is 3.12. The molecule has 3 rings (SSSR count). The third-order valence-electron chi connectivity index (χ3n) is 4.47. The lowest BCUT2D eigenvalue weighted by Gasteiger charge is -2.09. The molecule has 1 heterocycles. The molecule has 0 saturated carbocycles. The van der Waals surface area contributed by atoms with Gasteiger partial charge in [0.15, 0.2) is 11.5 Å². The van der Waals surface area contributed by atoms with Crippen LogP contribution in [-0.4, -0.2) is 25.1 Å². The maximum absolute atomic E-state index is 12.5. The molecule has 0 fully saturated rings. The van der Waals surface area contributed by atoms with Gasteiger partial charge < -0.3 is 14.8 Å². The van der Waals surface area contributed by atoms with Crippen LogP contribution in [0, 0.1) is 13.8 Å². The SMILES string of the molecule is COc1ccc(C(=O)NCc2nc(C)c(Cc3ccc(C)cc3)s2)cc1OC. The summed E-state index contributed by atoms with van der Waals surface area (Å²) in [6, 6.07) is 13.6. The van der Waals surface area contributed by atoms with Gasteiger partial charge in [0.1, 0.15) is 5.01 Å². The van der Waals surface area contributed by atoms with Gasteiger partial charge in [-0.05, 0) is 37.6 Å². The lowest BCUT2D eigenvalue weighted by molar-refractivity contribution is 0.0950. The second-order valence-corrected chi connectivity index (χ2v) is 7.70. The van der Waals surface area contributed by atoms with E-state index in [4.69, 9.17) is 9.47 Å². The quantitative estimate of drug-likeness (QED) is 0.647. The van der Waals surface area contributed by atoms with E-state index in [2.05, 4.69) is 41.5 Å². The molecule has 1 aromatic heterocycles. The van der Waals surface area contributed by atoms with Crippen LogP contribution in [0.25, 0.3) is 0 Å². The number of ether oxygens (including phenoxy) is 2. The molecular formula is C22H24N2O3S. The van der Waals surface area contributed by atoms with Crippen molar-refractivity contribution in [2.75, 3.05) is 14.2 Å². The number of carbonyl (C=O) groups is 1. The van der Waals surface area contributed by atoms with E-state index in [0.717, 1.165) is 17.1 Å². The Morgan fingerprint density at radius 2 is 1.75 bits per heavy atom. The highest BCUT2D eigenvalue weighted by atomic mass is 32.1. The number of nitrogens with one attached hydrogen (secondary N) is 1. The molecule has 0 saturated heterocycles. The van der Waals surface area contributed by atoms with Crippen LogP contribution in [0.1, 0.15) is 37.1 Å². The average Bonchev–Trinajstić information content (AvgIpc) is 3.06. The summed E-state index contributed by atoms with van der Waals surface area (Å²) in [4.78, 5) is 18.3. The zero-order valence-electron chi connectivity index (χ0n) is 16.5. The van der Waals surface area contributed by atoms with Crippen LogP contribution in [0.5, 0.6) is 11.5 Å². The van der Waals surface area contributed by atoms with Crippen molar-refractivity contribution < 1.29 is 14.3 Å².